The van der Waals surface area contributed by atoms with Crippen molar-refractivity contribution in [2.45, 2.75) is 38.6 Å². The molecule has 1 amide bonds. The Balaban J connectivity index is 1.62. The van der Waals surface area contributed by atoms with Gasteiger partial charge in [0.2, 0.25) is 11.0 Å². The molecule has 0 radical (unpaired) electrons. The van der Waals surface area contributed by atoms with Gasteiger partial charge < -0.3 is 9.30 Å². The molecular weight excluding hydrogens is 384 g/mol. The third kappa shape index (κ3) is 5.04. The first-order valence-corrected chi connectivity index (χ1v) is 10.2. The van der Waals surface area contributed by atoms with E-state index < -0.39 is 0 Å². The molecule has 0 aliphatic rings. The Kier molecular flexibility index (Phi) is 6.40. The Morgan fingerprint density at radius 2 is 2.04 bits per heavy atom. The van der Waals surface area contributed by atoms with Crippen LogP contribution in [0.1, 0.15) is 30.8 Å². The molecule has 0 saturated carbocycles. The van der Waals surface area contributed by atoms with Crippen LogP contribution in [-0.4, -0.2) is 36.6 Å². The van der Waals surface area contributed by atoms with E-state index in [4.69, 9.17) is 4.74 Å². The van der Waals surface area contributed by atoms with Gasteiger partial charge in [-0.3, -0.25) is 10.1 Å². The average Bonchev–Trinajstić information content (AvgIpc) is 3.26. The van der Waals surface area contributed by atoms with Crippen molar-refractivity contribution in [2.75, 3.05) is 11.1 Å². The highest BCUT2D eigenvalue weighted by Gasteiger charge is 2.19. The Morgan fingerprint density at radius 1 is 1.26 bits per heavy atom. The van der Waals surface area contributed by atoms with Crippen LogP contribution >= 0.6 is 23.1 Å². The number of aromatic nitrogens is 5. The molecule has 0 aliphatic carbocycles. The van der Waals surface area contributed by atoms with Crippen LogP contribution in [0, 0.1) is 6.92 Å². The zero-order valence-electron chi connectivity index (χ0n) is 15.2. The predicted molar refractivity (Wildman–Crippen MR) is 105 cm³/mol. The van der Waals surface area contributed by atoms with Gasteiger partial charge in [-0.15, -0.1) is 20.4 Å². The number of carbonyl (C=O) groups is 1. The molecule has 0 unspecified atom stereocenters. The van der Waals surface area contributed by atoms with Crippen LogP contribution in [0.3, 0.4) is 0 Å². The van der Waals surface area contributed by atoms with Gasteiger partial charge in [-0.1, -0.05) is 41.3 Å². The smallest absolute Gasteiger partial charge is 0.236 e. The van der Waals surface area contributed by atoms with Crippen LogP contribution in [0.25, 0.3) is 0 Å². The summed E-state index contributed by atoms with van der Waals surface area (Å²) in [5, 5.41) is 21.0. The summed E-state index contributed by atoms with van der Waals surface area (Å²) in [5.41, 5.74) is 0. The van der Waals surface area contributed by atoms with Gasteiger partial charge in [0.1, 0.15) is 10.8 Å². The van der Waals surface area contributed by atoms with E-state index in [2.05, 4.69) is 25.7 Å². The SMILES string of the molecule is CCn1c(SCC(=O)Nc2nnc(C)s2)nnc1[C@@H](C)Oc1ccccc1. The van der Waals surface area contributed by atoms with E-state index in [-0.39, 0.29) is 17.8 Å². The number of anilines is 1. The summed E-state index contributed by atoms with van der Waals surface area (Å²) < 4.78 is 7.90. The van der Waals surface area contributed by atoms with Crippen molar-refractivity contribution in [2.24, 2.45) is 0 Å². The van der Waals surface area contributed by atoms with Gasteiger partial charge in [0.05, 0.1) is 5.75 Å². The molecule has 142 valence electrons. The summed E-state index contributed by atoms with van der Waals surface area (Å²) in [4.78, 5) is 12.1. The minimum Gasteiger partial charge on any atom is -0.483 e. The van der Waals surface area contributed by atoms with E-state index in [1.807, 2.05) is 55.7 Å². The fraction of sp³-hybridized carbons (Fsp3) is 0.353. The summed E-state index contributed by atoms with van der Waals surface area (Å²) in [6.45, 7) is 6.47. The Morgan fingerprint density at radius 3 is 2.70 bits per heavy atom. The first-order valence-electron chi connectivity index (χ1n) is 8.44. The number of rotatable bonds is 8. The quantitative estimate of drug-likeness (QED) is 0.575. The molecule has 1 aromatic carbocycles. The Labute approximate surface area is 165 Å². The van der Waals surface area contributed by atoms with Crippen LogP contribution in [-0.2, 0) is 11.3 Å². The number of nitrogens with zero attached hydrogens (tertiary/aromatic N) is 5. The fourth-order valence-electron chi connectivity index (χ4n) is 2.39. The lowest BCUT2D eigenvalue weighted by Gasteiger charge is -2.15. The number of para-hydroxylation sites is 1. The van der Waals surface area contributed by atoms with Gasteiger partial charge in [0.25, 0.3) is 0 Å². The number of nitrogens with one attached hydrogen (secondary N) is 1. The highest BCUT2D eigenvalue weighted by molar-refractivity contribution is 7.99. The van der Waals surface area contributed by atoms with E-state index >= 15 is 0 Å². The van der Waals surface area contributed by atoms with E-state index in [1.165, 1.54) is 23.1 Å². The topological polar surface area (TPSA) is 94.8 Å². The second-order valence-corrected chi connectivity index (χ2v) is 7.75. The van der Waals surface area contributed by atoms with E-state index in [0.29, 0.717) is 16.8 Å². The molecule has 0 saturated heterocycles. The number of thioether (sulfide) groups is 1. The van der Waals surface area contributed by atoms with Crippen LogP contribution in [0.15, 0.2) is 35.5 Å². The van der Waals surface area contributed by atoms with E-state index in [1.54, 1.807) is 0 Å². The number of ether oxygens (including phenoxy) is 1. The lowest BCUT2D eigenvalue weighted by Crippen LogP contribution is -2.15. The molecule has 0 fully saturated rings. The Hall–Kier alpha value is -2.46. The van der Waals surface area contributed by atoms with Crippen molar-refractivity contribution in [3.63, 3.8) is 0 Å². The van der Waals surface area contributed by atoms with Gasteiger partial charge in [0.15, 0.2) is 17.1 Å². The average molecular weight is 405 g/mol. The minimum absolute atomic E-state index is 0.156. The maximum absolute atomic E-state index is 12.1. The minimum atomic E-state index is -0.257. The molecule has 0 bridgehead atoms. The van der Waals surface area contributed by atoms with Crippen LogP contribution in [0.5, 0.6) is 5.75 Å². The highest BCUT2D eigenvalue weighted by Crippen LogP contribution is 2.24. The molecule has 27 heavy (non-hydrogen) atoms. The molecule has 1 N–H and O–H groups in total. The van der Waals surface area contributed by atoms with Crippen LogP contribution in [0.4, 0.5) is 5.13 Å². The summed E-state index contributed by atoms with van der Waals surface area (Å²) in [5.74, 6) is 1.56. The van der Waals surface area contributed by atoms with Crippen molar-refractivity contribution in [3.05, 3.63) is 41.2 Å². The molecule has 0 spiro atoms. The van der Waals surface area contributed by atoms with Crippen LogP contribution < -0.4 is 10.1 Å². The predicted octanol–water partition coefficient (Wildman–Crippen LogP) is 3.33. The fourth-order valence-corrected chi connectivity index (χ4v) is 3.81. The van der Waals surface area contributed by atoms with Crippen molar-refractivity contribution >= 4 is 34.1 Å². The first-order chi connectivity index (χ1) is 13.1. The van der Waals surface area contributed by atoms with Crippen molar-refractivity contribution in [1.82, 2.24) is 25.0 Å². The lowest BCUT2D eigenvalue weighted by atomic mass is 10.3. The number of benzene rings is 1. The molecule has 2 aromatic heterocycles. The van der Waals surface area contributed by atoms with E-state index in [0.717, 1.165) is 16.6 Å². The molecule has 1 atom stereocenters. The van der Waals surface area contributed by atoms with Crippen molar-refractivity contribution in [3.8, 4) is 5.75 Å². The number of hydrogen-bond acceptors (Lipinski definition) is 8. The van der Waals surface area contributed by atoms with Gasteiger partial charge in [-0.05, 0) is 32.9 Å². The summed E-state index contributed by atoms with van der Waals surface area (Å²) >= 11 is 2.67. The molecule has 2 heterocycles. The van der Waals surface area contributed by atoms with Gasteiger partial charge in [0, 0.05) is 6.54 Å². The molecule has 3 rings (SSSR count). The molecular formula is C17H20N6O2S2. The molecule has 10 heteroatoms. The second-order valence-electron chi connectivity index (χ2n) is 5.62. The Bertz CT molecular complexity index is 896. The monoisotopic (exact) mass is 404 g/mol. The van der Waals surface area contributed by atoms with Crippen LogP contribution in [0.2, 0.25) is 0 Å². The normalized spacial score (nSPS) is 12.0. The van der Waals surface area contributed by atoms with Gasteiger partial charge >= 0.3 is 0 Å². The number of hydrogen-bond donors (Lipinski definition) is 1. The maximum atomic E-state index is 12.1. The summed E-state index contributed by atoms with van der Waals surface area (Å²) in [6.07, 6.45) is -0.257. The van der Waals surface area contributed by atoms with Crippen molar-refractivity contribution < 1.29 is 9.53 Å². The van der Waals surface area contributed by atoms with Crippen molar-refractivity contribution in [1.29, 1.82) is 0 Å². The summed E-state index contributed by atoms with van der Waals surface area (Å²) in [7, 11) is 0. The largest absolute Gasteiger partial charge is 0.483 e. The number of amides is 1. The second kappa shape index (κ2) is 8.96. The molecule has 0 aliphatic heterocycles. The van der Waals surface area contributed by atoms with Gasteiger partial charge in [-0.25, -0.2) is 0 Å². The maximum Gasteiger partial charge on any atom is 0.236 e. The third-order valence-corrected chi connectivity index (χ3v) is 5.31. The standard InChI is InChI=1S/C17H20N6O2S2/c1-4-23-15(11(2)25-13-8-6-5-7-9-13)20-22-17(23)26-10-14(24)18-16-21-19-12(3)27-16/h5-9,11H,4,10H2,1-3H3,(H,18,21,24)/t11-/m1/s1. The number of aryl methyl sites for hydroxylation is 1. The zero-order chi connectivity index (χ0) is 19.2. The molecule has 8 nitrogen and oxygen atoms in total. The lowest BCUT2D eigenvalue weighted by molar-refractivity contribution is -0.113. The first kappa shape index (κ1) is 19.3. The zero-order valence-corrected chi connectivity index (χ0v) is 16.9. The van der Waals surface area contributed by atoms with E-state index in [9.17, 15) is 4.79 Å². The summed E-state index contributed by atoms with van der Waals surface area (Å²) in [6, 6.07) is 9.59. The van der Waals surface area contributed by atoms with Gasteiger partial charge in [-0.2, -0.15) is 0 Å². The third-order valence-electron chi connectivity index (χ3n) is 3.59. The molecule has 3 aromatic rings. The highest BCUT2D eigenvalue weighted by atomic mass is 32.2. The number of carbonyl (C=O) groups excluding carboxylic acids is 1.